The SMILES string of the molecule is CCOC(=O)c1cnc2ccc(N3CCCC3)cc2c1. The number of carbonyl (C=O) groups is 1. The number of esters is 1. The van der Waals surface area contributed by atoms with Gasteiger partial charge in [-0.25, -0.2) is 4.79 Å². The number of fused-ring (bicyclic) bond motifs is 1. The molecular formula is C16H18N2O2. The van der Waals surface area contributed by atoms with Gasteiger partial charge in [0.2, 0.25) is 0 Å². The predicted molar refractivity (Wildman–Crippen MR) is 79.1 cm³/mol. The number of hydrogen-bond acceptors (Lipinski definition) is 4. The number of ether oxygens (including phenoxy) is 1. The van der Waals surface area contributed by atoms with Crippen LogP contribution in [0.4, 0.5) is 5.69 Å². The van der Waals surface area contributed by atoms with Gasteiger partial charge in [0.1, 0.15) is 0 Å². The molecule has 1 fully saturated rings. The minimum absolute atomic E-state index is 0.312. The number of hydrogen-bond donors (Lipinski definition) is 0. The van der Waals surface area contributed by atoms with Crippen molar-refractivity contribution < 1.29 is 9.53 Å². The first-order chi connectivity index (χ1) is 9.78. The highest BCUT2D eigenvalue weighted by Gasteiger charge is 2.13. The number of pyridine rings is 1. The van der Waals surface area contributed by atoms with Crippen LogP contribution in [-0.2, 0) is 4.74 Å². The first-order valence-corrected chi connectivity index (χ1v) is 7.10. The molecule has 0 bridgehead atoms. The van der Waals surface area contributed by atoms with E-state index in [1.165, 1.54) is 18.5 Å². The van der Waals surface area contributed by atoms with Crippen molar-refractivity contribution in [2.45, 2.75) is 19.8 Å². The summed E-state index contributed by atoms with van der Waals surface area (Å²) in [5.41, 5.74) is 2.62. The summed E-state index contributed by atoms with van der Waals surface area (Å²) in [6.45, 7) is 4.40. The van der Waals surface area contributed by atoms with Crippen LogP contribution in [0.1, 0.15) is 30.1 Å². The summed E-state index contributed by atoms with van der Waals surface area (Å²) >= 11 is 0. The smallest absolute Gasteiger partial charge is 0.339 e. The van der Waals surface area contributed by atoms with Crippen LogP contribution < -0.4 is 4.90 Å². The van der Waals surface area contributed by atoms with E-state index in [4.69, 9.17) is 4.74 Å². The molecule has 1 aliphatic heterocycles. The second-order valence-electron chi connectivity index (χ2n) is 5.02. The Kier molecular flexibility index (Phi) is 3.54. The van der Waals surface area contributed by atoms with E-state index >= 15 is 0 Å². The van der Waals surface area contributed by atoms with Crippen LogP contribution in [0.3, 0.4) is 0 Å². The Hall–Kier alpha value is -2.10. The van der Waals surface area contributed by atoms with Gasteiger partial charge < -0.3 is 9.64 Å². The third kappa shape index (κ3) is 2.46. The minimum Gasteiger partial charge on any atom is -0.462 e. The maximum absolute atomic E-state index is 11.8. The summed E-state index contributed by atoms with van der Waals surface area (Å²) in [5, 5.41) is 0.986. The van der Waals surface area contributed by atoms with Crippen molar-refractivity contribution in [2.75, 3.05) is 24.6 Å². The molecule has 0 N–H and O–H groups in total. The Balaban J connectivity index is 1.96. The molecule has 1 aromatic heterocycles. The Morgan fingerprint density at radius 3 is 2.85 bits per heavy atom. The normalized spacial score (nSPS) is 14.8. The molecule has 20 heavy (non-hydrogen) atoms. The quantitative estimate of drug-likeness (QED) is 0.804. The largest absolute Gasteiger partial charge is 0.462 e. The van der Waals surface area contributed by atoms with Crippen LogP contribution >= 0.6 is 0 Å². The van der Waals surface area contributed by atoms with Crippen molar-refractivity contribution in [2.24, 2.45) is 0 Å². The standard InChI is InChI=1S/C16H18N2O2/c1-2-20-16(19)13-9-12-10-14(18-7-3-4-8-18)5-6-15(12)17-11-13/h5-6,9-11H,2-4,7-8H2,1H3. The van der Waals surface area contributed by atoms with Crippen LogP contribution in [0.5, 0.6) is 0 Å². The molecule has 3 rings (SSSR count). The summed E-state index contributed by atoms with van der Waals surface area (Å²) in [4.78, 5) is 18.5. The van der Waals surface area contributed by atoms with Crippen LogP contribution in [0.25, 0.3) is 10.9 Å². The molecule has 1 aliphatic rings. The second-order valence-corrected chi connectivity index (χ2v) is 5.02. The van der Waals surface area contributed by atoms with Gasteiger partial charge in [-0.05, 0) is 44.0 Å². The molecule has 0 amide bonds. The van der Waals surface area contributed by atoms with Gasteiger partial charge in [0.05, 0.1) is 17.7 Å². The Bertz CT molecular complexity index is 633. The van der Waals surface area contributed by atoms with Gasteiger partial charge in [0, 0.05) is 30.4 Å². The van der Waals surface area contributed by atoms with E-state index in [9.17, 15) is 4.79 Å². The molecule has 1 saturated heterocycles. The molecule has 4 heteroatoms. The van der Waals surface area contributed by atoms with E-state index in [1.54, 1.807) is 13.1 Å². The molecule has 0 unspecified atom stereocenters. The topological polar surface area (TPSA) is 42.4 Å². The van der Waals surface area contributed by atoms with Crippen molar-refractivity contribution in [3.05, 3.63) is 36.0 Å². The van der Waals surface area contributed by atoms with Crippen molar-refractivity contribution >= 4 is 22.6 Å². The highest BCUT2D eigenvalue weighted by atomic mass is 16.5. The van der Waals surface area contributed by atoms with Crippen molar-refractivity contribution in [3.8, 4) is 0 Å². The van der Waals surface area contributed by atoms with Crippen molar-refractivity contribution in [1.29, 1.82) is 0 Å². The lowest BCUT2D eigenvalue weighted by Gasteiger charge is -2.17. The van der Waals surface area contributed by atoms with Gasteiger partial charge in [0.25, 0.3) is 0 Å². The van der Waals surface area contributed by atoms with Crippen LogP contribution in [0.15, 0.2) is 30.5 Å². The van der Waals surface area contributed by atoms with E-state index in [0.717, 1.165) is 24.0 Å². The average Bonchev–Trinajstić information content (AvgIpc) is 3.00. The lowest BCUT2D eigenvalue weighted by atomic mass is 10.1. The molecule has 0 spiro atoms. The molecule has 4 nitrogen and oxygen atoms in total. The van der Waals surface area contributed by atoms with Crippen molar-refractivity contribution in [1.82, 2.24) is 4.98 Å². The van der Waals surface area contributed by atoms with Crippen LogP contribution in [0, 0.1) is 0 Å². The molecule has 0 atom stereocenters. The highest BCUT2D eigenvalue weighted by Crippen LogP contribution is 2.24. The maximum atomic E-state index is 11.8. The zero-order valence-corrected chi connectivity index (χ0v) is 11.6. The summed E-state index contributed by atoms with van der Waals surface area (Å²) in [6.07, 6.45) is 4.08. The molecule has 2 aromatic rings. The first kappa shape index (κ1) is 12.9. The number of carbonyl (C=O) groups excluding carboxylic acids is 1. The lowest BCUT2D eigenvalue weighted by molar-refractivity contribution is 0.0526. The first-order valence-electron chi connectivity index (χ1n) is 7.10. The molecule has 1 aromatic carbocycles. The molecule has 0 aliphatic carbocycles. The molecular weight excluding hydrogens is 252 g/mol. The van der Waals surface area contributed by atoms with E-state index in [0.29, 0.717) is 12.2 Å². The summed E-state index contributed by atoms with van der Waals surface area (Å²) in [6, 6.07) is 8.08. The number of rotatable bonds is 3. The molecule has 104 valence electrons. The highest BCUT2D eigenvalue weighted by molar-refractivity contribution is 5.94. The van der Waals surface area contributed by atoms with Gasteiger partial charge >= 0.3 is 5.97 Å². The number of aromatic nitrogens is 1. The van der Waals surface area contributed by atoms with Gasteiger partial charge in [-0.2, -0.15) is 0 Å². The van der Waals surface area contributed by atoms with E-state index < -0.39 is 0 Å². The number of nitrogens with zero attached hydrogens (tertiary/aromatic N) is 2. The second kappa shape index (κ2) is 5.49. The van der Waals surface area contributed by atoms with E-state index in [-0.39, 0.29) is 5.97 Å². The molecule has 2 heterocycles. The third-order valence-corrected chi connectivity index (χ3v) is 3.65. The van der Waals surface area contributed by atoms with Gasteiger partial charge in [-0.3, -0.25) is 4.98 Å². The average molecular weight is 270 g/mol. The van der Waals surface area contributed by atoms with Gasteiger partial charge in [-0.1, -0.05) is 0 Å². The summed E-state index contributed by atoms with van der Waals surface area (Å²) in [7, 11) is 0. The monoisotopic (exact) mass is 270 g/mol. The predicted octanol–water partition coefficient (Wildman–Crippen LogP) is 3.01. The van der Waals surface area contributed by atoms with Crippen LogP contribution in [0.2, 0.25) is 0 Å². The fourth-order valence-corrected chi connectivity index (χ4v) is 2.62. The fraction of sp³-hybridized carbons (Fsp3) is 0.375. The van der Waals surface area contributed by atoms with Gasteiger partial charge in [0.15, 0.2) is 0 Å². The lowest BCUT2D eigenvalue weighted by Crippen LogP contribution is -2.17. The van der Waals surface area contributed by atoms with E-state index in [1.807, 2.05) is 12.1 Å². The Morgan fingerprint density at radius 2 is 2.10 bits per heavy atom. The zero-order chi connectivity index (χ0) is 13.9. The van der Waals surface area contributed by atoms with Crippen LogP contribution in [-0.4, -0.2) is 30.6 Å². The summed E-state index contributed by atoms with van der Waals surface area (Å²) in [5.74, 6) is -0.312. The van der Waals surface area contributed by atoms with Crippen molar-refractivity contribution in [3.63, 3.8) is 0 Å². The van der Waals surface area contributed by atoms with E-state index in [2.05, 4.69) is 22.0 Å². The Labute approximate surface area is 118 Å². The van der Waals surface area contributed by atoms with Gasteiger partial charge in [-0.15, -0.1) is 0 Å². The maximum Gasteiger partial charge on any atom is 0.339 e. The molecule has 0 saturated carbocycles. The zero-order valence-electron chi connectivity index (χ0n) is 11.6. The Morgan fingerprint density at radius 1 is 1.30 bits per heavy atom. The number of benzene rings is 1. The minimum atomic E-state index is -0.312. The summed E-state index contributed by atoms with van der Waals surface area (Å²) < 4.78 is 5.02. The fourth-order valence-electron chi connectivity index (χ4n) is 2.62. The molecule has 0 radical (unpaired) electrons. The third-order valence-electron chi connectivity index (χ3n) is 3.65. The number of anilines is 1.